The molecule has 0 unspecified atom stereocenters. The molecule has 1 aromatic rings. The smallest absolute Gasteiger partial charge is 0.254 e. The maximum Gasteiger partial charge on any atom is 0.254 e. The van der Waals surface area contributed by atoms with E-state index in [0.29, 0.717) is 16.4 Å². The van der Waals surface area contributed by atoms with Crippen molar-refractivity contribution >= 4 is 113 Å². The van der Waals surface area contributed by atoms with Gasteiger partial charge in [0.25, 0.3) is 10.5 Å². The zero-order valence-electron chi connectivity index (χ0n) is 10.2. The molecule has 0 aliphatic heterocycles. The van der Waals surface area contributed by atoms with Gasteiger partial charge in [0.15, 0.2) is 0 Å². The molecule has 0 fully saturated rings. The maximum absolute atomic E-state index is 11.6. The molecule has 0 radical (unpaired) electrons. The van der Waals surface area contributed by atoms with Crippen molar-refractivity contribution in [3.63, 3.8) is 0 Å². The molecule has 1 rings (SSSR count). The van der Waals surface area contributed by atoms with Crippen molar-refractivity contribution in [1.29, 1.82) is 0 Å². The molecular formula is C11H7Cl2I3N2O2. The number of benzene rings is 1. The molecule has 0 aromatic heterocycles. The molecule has 0 heterocycles. The van der Waals surface area contributed by atoms with Crippen molar-refractivity contribution in [2.75, 3.05) is 14.1 Å². The summed E-state index contributed by atoms with van der Waals surface area (Å²) in [6.07, 6.45) is 1.58. The third kappa shape index (κ3) is 4.17. The first kappa shape index (κ1) is 18.8. The molecule has 1 aromatic carbocycles. The van der Waals surface area contributed by atoms with Crippen LogP contribution in [-0.2, 0) is 0 Å². The van der Waals surface area contributed by atoms with E-state index in [0.717, 1.165) is 0 Å². The predicted octanol–water partition coefficient (Wildman–Crippen LogP) is 4.48. The Bertz CT molecular complexity index is 577. The minimum absolute atomic E-state index is 0.253. The normalized spacial score (nSPS) is 10.9. The van der Waals surface area contributed by atoms with Crippen LogP contribution in [0, 0.1) is 10.7 Å². The molecule has 0 atom stereocenters. The summed E-state index contributed by atoms with van der Waals surface area (Å²) in [7, 11) is 3.63. The molecule has 0 aliphatic carbocycles. The molecular weight excluding hydrogens is 644 g/mol. The van der Waals surface area contributed by atoms with Crippen molar-refractivity contribution in [1.82, 2.24) is 4.90 Å². The van der Waals surface area contributed by atoms with Gasteiger partial charge in [-0.15, -0.1) is 0 Å². The van der Waals surface area contributed by atoms with Crippen LogP contribution in [0.1, 0.15) is 20.7 Å². The number of hydrogen-bond donors (Lipinski definition) is 0. The van der Waals surface area contributed by atoms with E-state index in [1.165, 1.54) is 0 Å². The van der Waals surface area contributed by atoms with Gasteiger partial charge < -0.3 is 4.90 Å². The van der Waals surface area contributed by atoms with Gasteiger partial charge in [0, 0.05) is 17.7 Å². The van der Waals surface area contributed by atoms with E-state index >= 15 is 0 Å². The zero-order chi connectivity index (χ0) is 15.6. The summed E-state index contributed by atoms with van der Waals surface area (Å²) in [5.74, 6) is 0. The van der Waals surface area contributed by atoms with Gasteiger partial charge in [0.05, 0.1) is 30.3 Å². The van der Waals surface area contributed by atoms with Crippen LogP contribution in [0.5, 0.6) is 0 Å². The van der Waals surface area contributed by atoms with Crippen molar-refractivity contribution < 1.29 is 9.59 Å². The first-order valence-electron chi connectivity index (χ1n) is 4.99. The van der Waals surface area contributed by atoms with E-state index in [1.807, 2.05) is 81.9 Å². The van der Waals surface area contributed by atoms with Crippen molar-refractivity contribution in [2.45, 2.75) is 0 Å². The van der Waals surface area contributed by atoms with Gasteiger partial charge in [0.2, 0.25) is 0 Å². The second-order valence-corrected chi connectivity index (χ2v) is 7.72. The van der Waals surface area contributed by atoms with Gasteiger partial charge in [-0.2, -0.15) is 0 Å². The number of nitrogens with zero attached hydrogens (tertiary/aromatic N) is 2. The van der Waals surface area contributed by atoms with Gasteiger partial charge in [-0.25, -0.2) is 4.99 Å². The number of aliphatic imine (C=N–C) groups is 1. The molecule has 0 amide bonds. The molecule has 0 aliphatic rings. The molecule has 9 heteroatoms. The molecule has 0 bridgehead atoms. The molecule has 0 N–H and O–H groups in total. The number of carbonyl (C=O) groups excluding carboxylic acids is 2. The monoisotopic (exact) mass is 650 g/mol. The summed E-state index contributed by atoms with van der Waals surface area (Å²) >= 11 is 17.1. The van der Waals surface area contributed by atoms with E-state index in [9.17, 15) is 9.59 Å². The third-order valence-corrected chi connectivity index (χ3v) is 5.66. The van der Waals surface area contributed by atoms with Crippen LogP contribution in [0.2, 0.25) is 0 Å². The second-order valence-electron chi connectivity index (χ2n) is 3.80. The van der Waals surface area contributed by atoms with Crippen LogP contribution < -0.4 is 0 Å². The fraction of sp³-hybridized carbons (Fsp3) is 0.182. The lowest BCUT2D eigenvalue weighted by atomic mass is 10.1. The van der Waals surface area contributed by atoms with Crippen molar-refractivity contribution in [2.24, 2.45) is 4.99 Å². The van der Waals surface area contributed by atoms with E-state index in [1.54, 1.807) is 11.2 Å². The summed E-state index contributed by atoms with van der Waals surface area (Å²) in [5.41, 5.74) is 1.01. The standard InChI is InChI=1S/C11H7Cl2I3N2O2/c1-18(2)3-17-9-7(15)4(10(12)19)6(14)5(8(9)16)11(13)20/h3H,1-2H3. The first-order valence-corrected chi connectivity index (χ1v) is 8.98. The van der Waals surface area contributed by atoms with Crippen molar-refractivity contribution in [3.8, 4) is 0 Å². The minimum Gasteiger partial charge on any atom is -0.369 e. The first-order chi connectivity index (χ1) is 9.18. The number of carbonyl (C=O) groups is 2. The lowest BCUT2D eigenvalue weighted by molar-refractivity contribution is 0.107. The fourth-order valence-electron chi connectivity index (χ4n) is 1.28. The van der Waals surface area contributed by atoms with Gasteiger partial charge >= 0.3 is 0 Å². The van der Waals surface area contributed by atoms with Crippen molar-refractivity contribution in [3.05, 3.63) is 21.8 Å². The fourth-order valence-corrected chi connectivity index (χ4v) is 6.72. The SMILES string of the molecule is CN(C)C=Nc1c(I)c(C(=O)Cl)c(I)c(C(=O)Cl)c1I. The largest absolute Gasteiger partial charge is 0.369 e. The lowest BCUT2D eigenvalue weighted by Gasteiger charge is -2.13. The van der Waals surface area contributed by atoms with Crippen LogP contribution in [0.15, 0.2) is 4.99 Å². The van der Waals surface area contributed by atoms with E-state index in [4.69, 9.17) is 23.2 Å². The Hall–Kier alpha value is 0.800. The Morgan fingerprint density at radius 3 is 1.70 bits per heavy atom. The second kappa shape index (κ2) is 7.88. The minimum atomic E-state index is -0.643. The summed E-state index contributed by atoms with van der Waals surface area (Å²) in [6, 6.07) is 0. The highest BCUT2D eigenvalue weighted by atomic mass is 127. The Balaban J connectivity index is 3.76. The summed E-state index contributed by atoms with van der Waals surface area (Å²) in [6.45, 7) is 0. The lowest BCUT2D eigenvalue weighted by Crippen LogP contribution is -2.10. The quantitative estimate of drug-likeness (QED) is 0.209. The highest BCUT2D eigenvalue weighted by Crippen LogP contribution is 2.38. The van der Waals surface area contributed by atoms with Crippen LogP contribution in [-0.4, -0.2) is 35.8 Å². The highest BCUT2D eigenvalue weighted by molar-refractivity contribution is 14.1. The van der Waals surface area contributed by atoms with E-state index in [2.05, 4.69) is 4.99 Å². The third-order valence-electron chi connectivity index (χ3n) is 2.10. The number of hydrogen-bond acceptors (Lipinski definition) is 3. The molecule has 0 spiro atoms. The molecule has 4 nitrogen and oxygen atoms in total. The van der Waals surface area contributed by atoms with Crippen LogP contribution >= 0.6 is 91.0 Å². The number of halogens is 5. The van der Waals surface area contributed by atoms with Crippen LogP contribution in [0.4, 0.5) is 5.69 Å². The Labute approximate surface area is 167 Å². The summed E-state index contributed by atoms with van der Waals surface area (Å²) in [5, 5.41) is -1.29. The Morgan fingerprint density at radius 1 is 1.00 bits per heavy atom. The highest BCUT2D eigenvalue weighted by Gasteiger charge is 2.26. The van der Waals surface area contributed by atoms with E-state index in [-0.39, 0.29) is 11.1 Å². The molecule has 20 heavy (non-hydrogen) atoms. The molecule has 108 valence electrons. The van der Waals surface area contributed by atoms with Crippen LogP contribution in [0.3, 0.4) is 0 Å². The predicted molar refractivity (Wildman–Crippen MR) is 107 cm³/mol. The van der Waals surface area contributed by atoms with Gasteiger partial charge in [-0.1, -0.05) is 0 Å². The van der Waals surface area contributed by atoms with Gasteiger partial charge in [-0.05, 0) is 91.0 Å². The maximum atomic E-state index is 11.6. The zero-order valence-corrected chi connectivity index (χ0v) is 18.2. The Morgan fingerprint density at radius 2 is 1.40 bits per heavy atom. The summed E-state index contributed by atoms with van der Waals surface area (Å²) in [4.78, 5) is 29.2. The average molecular weight is 651 g/mol. The molecule has 0 saturated carbocycles. The Kier molecular flexibility index (Phi) is 7.43. The van der Waals surface area contributed by atoms with Gasteiger partial charge in [0.1, 0.15) is 0 Å². The summed E-state index contributed by atoms with van der Waals surface area (Å²) < 4.78 is 1.63. The van der Waals surface area contributed by atoms with Crippen LogP contribution in [0.25, 0.3) is 0 Å². The van der Waals surface area contributed by atoms with E-state index < -0.39 is 10.5 Å². The topological polar surface area (TPSA) is 49.7 Å². The van der Waals surface area contributed by atoms with Gasteiger partial charge in [-0.3, -0.25) is 9.59 Å². The average Bonchev–Trinajstić information content (AvgIpc) is 2.26. The molecule has 0 saturated heterocycles. The number of rotatable bonds is 4.